The van der Waals surface area contributed by atoms with Gasteiger partial charge in [-0.05, 0) is 77.0 Å². The maximum Gasteiger partial charge on any atom is 0.220 e. The lowest BCUT2D eigenvalue weighted by Crippen LogP contribution is -2.65. The second-order valence-electron chi connectivity index (χ2n) is 27.5. The first-order chi connectivity index (χ1) is 45.6. The van der Waals surface area contributed by atoms with E-state index in [1.54, 1.807) is 6.08 Å². The fraction of sp³-hybridized carbons (Fsp3) is 0.861. The summed E-state index contributed by atoms with van der Waals surface area (Å²) in [6, 6.07) is -0.942. The Morgan fingerprint density at radius 3 is 1.12 bits per heavy atom. The summed E-state index contributed by atoms with van der Waals surface area (Å²) < 4.78 is 22.9. The number of aliphatic hydroxyl groups excluding tert-OH is 8. The van der Waals surface area contributed by atoms with Gasteiger partial charge >= 0.3 is 0 Å². The van der Waals surface area contributed by atoms with Gasteiger partial charge in [0, 0.05) is 6.42 Å². The van der Waals surface area contributed by atoms with Crippen molar-refractivity contribution < 1.29 is 64.6 Å². The van der Waals surface area contributed by atoms with Crippen LogP contribution in [0.5, 0.6) is 0 Å². The monoisotopic (exact) mass is 1320 g/mol. The summed E-state index contributed by atoms with van der Waals surface area (Å²) in [5.74, 6) is -0.250. The molecule has 0 aromatic carbocycles. The molecule has 2 heterocycles. The second kappa shape index (κ2) is 63.2. The van der Waals surface area contributed by atoms with Gasteiger partial charge in [-0.25, -0.2) is 0 Å². The molecule has 0 aromatic heterocycles. The van der Waals surface area contributed by atoms with Gasteiger partial charge in [0.1, 0.15) is 48.8 Å². The van der Waals surface area contributed by atoms with Gasteiger partial charge in [0.15, 0.2) is 12.6 Å². The molecule has 2 aliphatic rings. The number of carbonyl (C=O) groups excluding carboxylic acids is 1. The first-order valence-corrected chi connectivity index (χ1v) is 39.0. The van der Waals surface area contributed by atoms with Crippen molar-refractivity contribution in [1.29, 1.82) is 0 Å². The average Bonchev–Trinajstić information content (AvgIpc) is 0.854. The normalized spacial score (nSPS) is 22.9. The number of amides is 1. The Hall–Kier alpha value is -2.31. The van der Waals surface area contributed by atoms with Crippen molar-refractivity contribution in [3.8, 4) is 0 Å². The maximum absolute atomic E-state index is 13.4. The van der Waals surface area contributed by atoms with Crippen LogP contribution in [-0.4, -0.2) is 140 Å². The molecule has 9 N–H and O–H groups in total. The minimum Gasteiger partial charge on any atom is -0.394 e. The van der Waals surface area contributed by atoms with Crippen molar-refractivity contribution in [1.82, 2.24) is 5.32 Å². The van der Waals surface area contributed by atoms with Crippen LogP contribution in [0.3, 0.4) is 0 Å². The molecule has 544 valence electrons. The van der Waals surface area contributed by atoms with E-state index in [1.807, 2.05) is 6.08 Å². The highest BCUT2D eigenvalue weighted by Crippen LogP contribution is 2.30. The van der Waals surface area contributed by atoms with E-state index in [1.165, 1.54) is 257 Å². The van der Waals surface area contributed by atoms with Gasteiger partial charge in [-0.3, -0.25) is 4.79 Å². The van der Waals surface area contributed by atoms with Crippen molar-refractivity contribution in [3.05, 3.63) is 60.8 Å². The molecule has 2 rings (SSSR count). The SMILES string of the molecule is CCCCCCC/C=C\C/C=C\CCCCCCCCCCCCCCCCCC(=O)NC(COC1OC(CO)C(OC2OC(CO)C(O)C(O)C2O)C(O)C1O)C(O)/C=C/CC/C=C/CC/C=C/CCCCCCCCCCCCCCCCCCCCCCCC. The van der Waals surface area contributed by atoms with Crippen molar-refractivity contribution in [2.24, 2.45) is 0 Å². The summed E-state index contributed by atoms with van der Waals surface area (Å²) in [7, 11) is 0. The van der Waals surface area contributed by atoms with E-state index in [2.05, 4.69) is 67.8 Å². The molecule has 1 amide bonds. The summed E-state index contributed by atoms with van der Waals surface area (Å²) in [5.41, 5.74) is 0. The third-order valence-corrected chi connectivity index (χ3v) is 18.9. The Bertz CT molecular complexity index is 1790. The van der Waals surface area contributed by atoms with Crippen molar-refractivity contribution in [2.45, 2.75) is 415 Å². The fourth-order valence-electron chi connectivity index (χ4n) is 12.7. The lowest BCUT2D eigenvalue weighted by Gasteiger charge is -2.46. The van der Waals surface area contributed by atoms with Crippen LogP contribution in [0.25, 0.3) is 0 Å². The van der Waals surface area contributed by atoms with E-state index in [0.29, 0.717) is 12.8 Å². The highest BCUT2D eigenvalue weighted by molar-refractivity contribution is 5.76. The molecule has 0 aliphatic carbocycles. The first kappa shape index (κ1) is 86.8. The van der Waals surface area contributed by atoms with E-state index < -0.39 is 86.8 Å². The summed E-state index contributed by atoms with van der Waals surface area (Å²) in [6.45, 7) is 2.81. The van der Waals surface area contributed by atoms with E-state index in [4.69, 9.17) is 18.9 Å². The summed E-state index contributed by atoms with van der Waals surface area (Å²) in [4.78, 5) is 13.4. The van der Waals surface area contributed by atoms with Crippen LogP contribution in [0, 0.1) is 0 Å². The molecule has 2 aliphatic heterocycles. The molecule has 14 nitrogen and oxygen atoms in total. The van der Waals surface area contributed by atoms with Gasteiger partial charge in [0.2, 0.25) is 5.91 Å². The van der Waals surface area contributed by atoms with Crippen LogP contribution in [0.1, 0.15) is 341 Å². The van der Waals surface area contributed by atoms with Crippen LogP contribution in [0.4, 0.5) is 0 Å². The quantitative estimate of drug-likeness (QED) is 0.0204. The highest BCUT2D eigenvalue weighted by Gasteiger charge is 2.51. The topological polar surface area (TPSA) is 228 Å². The lowest BCUT2D eigenvalue weighted by molar-refractivity contribution is -0.359. The minimum absolute atomic E-state index is 0.250. The number of allylic oxidation sites excluding steroid dienone is 9. The fourth-order valence-corrected chi connectivity index (χ4v) is 12.7. The number of carbonyl (C=O) groups is 1. The van der Waals surface area contributed by atoms with Crippen LogP contribution in [0.15, 0.2) is 60.8 Å². The molecule has 93 heavy (non-hydrogen) atoms. The predicted octanol–water partition coefficient (Wildman–Crippen LogP) is 17.2. The Labute approximate surface area is 568 Å². The first-order valence-electron chi connectivity index (χ1n) is 39.0. The van der Waals surface area contributed by atoms with Crippen LogP contribution in [0.2, 0.25) is 0 Å². The zero-order valence-corrected chi connectivity index (χ0v) is 59.5. The van der Waals surface area contributed by atoms with Crippen molar-refractivity contribution in [2.75, 3.05) is 19.8 Å². The zero-order chi connectivity index (χ0) is 67.3. The number of hydrogen-bond acceptors (Lipinski definition) is 13. The second-order valence-corrected chi connectivity index (χ2v) is 27.5. The van der Waals surface area contributed by atoms with Crippen LogP contribution >= 0.6 is 0 Å². The van der Waals surface area contributed by atoms with Gasteiger partial charge in [0.05, 0.1) is 32.0 Å². The Kier molecular flexibility index (Phi) is 58.9. The standard InChI is InChI=1S/C79H145NO13/c1-3-5-7-9-11-13-15-17-19-21-23-25-27-29-31-32-33-34-35-37-38-40-42-44-46-48-50-52-54-56-58-60-62-68(83)67(66-90-78-76(89)74(87)77(70(65-82)92-78)93-79-75(88)73(86)72(85)69(64-81)91-79)80-71(84)63-61-59-57-55-53-51-49-47-45-43-41-39-36-30-28-26-24-22-20-18-16-14-12-10-8-6-4-2/h16,18,22,24,44,46,52,54,60,62,67-70,72-79,81-83,85-89H,3-15,17,19-21,23,25-43,45,47-51,53,55-59,61,63-66H2,1-2H3,(H,80,84)/b18-16-,24-22-,46-44+,54-52+,62-60+. The lowest BCUT2D eigenvalue weighted by atomic mass is 9.97. The average molecular weight is 1320 g/mol. The Morgan fingerprint density at radius 1 is 0.387 bits per heavy atom. The molecule has 0 radical (unpaired) electrons. The number of unbranched alkanes of at least 4 members (excludes halogenated alkanes) is 44. The van der Waals surface area contributed by atoms with Gasteiger partial charge in [-0.15, -0.1) is 0 Å². The van der Waals surface area contributed by atoms with Gasteiger partial charge in [0.25, 0.3) is 0 Å². The summed E-state index contributed by atoms with van der Waals surface area (Å²) in [5, 5.41) is 87.6. The molecular weight excluding hydrogens is 1170 g/mol. The predicted molar refractivity (Wildman–Crippen MR) is 383 cm³/mol. The zero-order valence-electron chi connectivity index (χ0n) is 59.5. The van der Waals surface area contributed by atoms with Gasteiger partial charge < -0.3 is 65.1 Å². The van der Waals surface area contributed by atoms with E-state index in [0.717, 1.165) is 51.4 Å². The van der Waals surface area contributed by atoms with E-state index in [9.17, 15) is 45.6 Å². The van der Waals surface area contributed by atoms with Gasteiger partial charge in [-0.1, -0.05) is 319 Å². The third-order valence-electron chi connectivity index (χ3n) is 18.9. The minimum atomic E-state index is -1.80. The number of rotatable bonds is 65. The molecule has 0 spiro atoms. The summed E-state index contributed by atoms with van der Waals surface area (Å²) >= 11 is 0. The van der Waals surface area contributed by atoms with Crippen LogP contribution in [-0.2, 0) is 23.7 Å². The number of ether oxygens (including phenoxy) is 4. The molecule has 2 fully saturated rings. The molecule has 12 unspecified atom stereocenters. The molecule has 2 saturated heterocycles. The Morgan fingerprint density at radius 2 is 0.720 bits per heavy atom. The Balaban J connectivity index is 1.66. The molecule has 12 atom stereocenters. The van der Waals surface area contributed by atoms with Crippen molar-refractivity contribution in [3.63, 3.8) is 0 Å². The van der Waals surface area contributed by atoms with E-state index >= 15 is 0 Å². The van der Waals surface area contributed by atoms with Crippen molar-refractivity contribution >= 4 is 5.91 Å². The molecular formula is C79H145NO13. The van der Waals surface area contributed by atoms with E-state index in [-0.39, 0.29) is 18.9 Å². The third kappa shape index (κ3) is 46.6. The van der Waals surface area contributed by atoms with Gasteiger partial charge in [-0.2, -0.15) is 0 Å². The van der Waals surface area contributed by atoms with Crippen LogP contribution < -0.4 is 5.32 Å². The highest BCUT2D eigenvalue weighted by atomic mass is 16.7. The molecule has 0 aromatic rings. The molecule has 14 heteroatoms. The largest absolute Gasteiger partial charge is 0.394 e. The smallest absolute Gasteiger partial charge is 0.220 e. The number of aliphatic hydroxyl groups is 8. The number of nitrogens with one attached hydrogen (secondary N) is 1. The molecule has 0 bridgehead atoms. The molecule has 0 saturated carbocycles. The summed E-state index contributed by atoms with van der Waals surface area (Å²) in [6.07, 6.45) is 68.7. The number of hydrogen-bond donors (Lipinski definition) is 9. The maximum atomic E-state index is 13.4.